The summed E-state index contributed by atoms with van der Waals surface area (Å²) in [5, 5.41) is 4.73. The first-order chi connectivity index (χ1) is 12.6. The Morgan fingerprint density at radius 1 is 1.19 bits per heavy atom. The monoisotopic (exact) mass is 386 g/mol. The fourth-order valence-electron chi connectivity index (χ4n) is 2.45. The summed E-state index contributed by atoms with van der Waals surface area (Å²) in [4.78, 5) is 36.3. The maximum absolute atomic E-state index is 13.0. The number of hydrogen-bond acceptors (Lipinski definition) is 5. The van der Waals surface area contributed by atoms with E-state index in [4.69, 9.17) is 0 Å². The smallest absolute Gasteiger partial charge is 0.264 e. The van der Waals surface area contributed by atoms with Crippen molar-refractivity contribution in [3.63, 3.8) is 0 Å². The largest absolute Gasteiger partial charge is 0.309 e. The third kappa shape index (κ3) is 4.11. The van der Waals surface area contributed by atoms with Gasteiger partial charge in [-0.2, -0.15) is 0 Å². The molecule has 0 aliphatic heterocycles. The number of aryl methyl sites for hydroxylation is 1. The number of carbonyl (C=O) groups excluding carboxylic acids is 1. The average molecular weight is 386 g/mol. The number of aromatic nitrogens is 3. The van der Waals surface area contributed by atoms with E-state index < -0.39 is 11.5 Å². The second kappa shape index (κ2) is 7.03. The highest BCUT2D eigenvalue weighted by atomic mass is 32.1. The standard InChI is InChI=1S/C19H19FN4O2S/c1-10-14(15(25)23-17(21-10)19(2,3)4)16(26)24-18-22-13(9-27-18)11-5-7-12(20)8-6-11/h5-9H,1-4H3,(H,21,23,25)(H,22,24,26). The molecule has 2 aromatic heterocycles. The Morgan fingerprint density at radius 2 is 1.85 bits per heavy atom. The second-order valence-electron chi connectivity index (χ2n) is 7.12. The third-order valence-corrected chi connectivity index (χ3v) is 4.66. The highest BCUT2D eigenvalue weighted by Gasteiger charge is 2.22. The van der Waals surface area contributed by atoms with E-state index in [1.165, 1.54) is 23.5 Å². The van der Waals surface area contributed by atoms with E-state index >= 15 is 0 Å². The van der Waals surface area contributed by atoms with Gasteiger partial charge in [-0.15, -0.1) is 11.3 Å². The molecule has 0 radical (unpaired) electrons. The van der Waals surface area contributed by atoms with Crippen molar-refractivity contribution in [2.75, 3.05) is 5.32 Å². The molecule has 3 rings (SSSR count). The minimum absolute atomic E-state index is 0.0402. The van der Waals surface area contributed by atoms with E-state index in [0.717, 1.165) is 5.56 Å². The molecule has 0 unspecified atom stereocenters. The van der Waals surface area contributed by atoms with Gasteiger partial charge in [-0.05, 0) is 31.2 Å². The van der Waals surface area contributed by atoms with Crippen LogP contribution >= 0.6 is 11.3 Å². The van der Waals surface area contributed by atoms with Crippen molar-refractivity contribution in [2.24, 2.45) is 0 Å². The van der Waals surface area contributed by atoms with Crippen molar-refractivity contribution in [3.8, 4) is 11.3 Å². The average Bonchev–Trinajstić information content (AvgIpc) is 3.02. The summed E-state index contributed by atoms with van der Waals surface area (Å²) < 4.78 is 13.0. The SMILES string of the molecule is Cc1nc(C(C)(C)C)[nH]c(=O)c1C(=O)Nc1nc(-c2ccc(F)cc2)cs1. The Labute approximate surface area is 159 Å². The third-order valence-electron chi connectivity index (χ3n) is 3.90. The lowest BCUT2D eigenvalue weighted by molar-refractivity contribution is 0.102. The Bertz CT molecular complexity index is 1050. The van der Waals surface area contributed by atoms with Crippen molar-refractivity contribution >= 4 is 22.4 Å². The van der Waals surface area contributed by atoms with Gasteiger partial charge in [-0.3, -0.25) is 14.9 Å². The quantitative estimate of drug-likeness (QED) is 0.715. The van der Waals surface area contributed by atoms with Gasteiger partial charge in [-0.1, -0.05) is 20.8 Å². The van der Waals surface area contributed by atoms with Gasteiger partial charge in [0.2, 0.25) is 0 Å². The van der Waals surface area contributed by atoms with Gasteiger partial charge >= 0.3 is 0 Å². The molecule has 0 aliphatic carbocycles. The number of hydrogen-bond donors (Lipinski definition) is 2. The molecule has 0 fully saturated rings. The topological polar surface area (TPSA) is 87.7 Å². The van der Waals surface area contributed by atoms with E-state index in [2.05, 4.69) is 20.3 Å². The highest BCUT2D eigenvalue weighted by Crippen LogP contribution is 2.25. The summed E-state index contributed by atoms with van der Waals surface area (Å²) >= 11 is 1.22. The molecule has 3 aromatic rings. The molecule has 1 aromatic carbocycles. The maximum Gasteiger partial charge on any atom is 0.264 e. The summed E-state index contributed by atoms with van der Waals surface area (Å²) in [6.45, 7) is 7.41. The molecule has 0 spiro atoms. The normalized spacial score (nSPS) is 11.4. The van der Waals surface area contributed by atoms with E-state index in [1.807, 2.05) is 20.8 Å². The number of aromatic amines is 1. The molecule has 1 amide bonds. The molecule has 140 valence electrons. The molecule has 2 heterocycles. The minimum Gasteiger partial charge on any atom is -0.309 e. The zero-order valence-electron chi connectivity index (χ0n) is 15.4. The Balaban J connectivity index is 1.84. The van der Waals surface area contributed by atoms with E-state index in [9.17, 15) is 14.0 Å². The highest BCUT2D eigenvalue weighted by molar-refractivity contribution is 7.14. The van der Waals surface area contributed by atoms with Crippen LogP contribution in [0.15, 0.2) is 34.4 Å². The molecule has 0 atom stereocenters. The minimum atomic E-state index is -0.568. The first-order valence-corrected chi connectivity index (χ1v) is 9.17. The zero-order chi connectivity index (χ0) is 19.8. The van der Waals surface area contributed by atoms with Gasteiger partial charge in [0.15, 0.2) is 5.13 Å². The fourth-order valence-corrected chi connectivity index (χ4v) is 3.17. The predicted octanol–water partition coefficient (Wildman–Crippen LogP) is 3.89. The van der Waals surface area contributed by atoms with Crippen LogP contribution in [0.4, 0.5) is 9.52 Å². The van der Waals surface area contributed by atoms with Crippen molar-refractivity contribution < 1.29 is 9.18 Å². The number of thiazole rings is 1. The summed E-state index contributed by atoms with van der Waals surface area (Å²) in [5.74, 6) is -0.375. The molecule has 8 heteroatoms. The van der Waals surface area contributed by atoms with Crippen LogP contribution in [0.1, 0.15) is 42.6 Å². The molecule has 27 heavy (non-hydrogen) atoms. The molecular weight excluding hydrogens is 367 g/mol. The van der Waals surface area contributed by atoms with Crippen molar-refractivity contribution in [3.05, 3.63) is 62.9 Å². The van der Waals surface area contributed by atoms with Crippen LogP contribution < -0.4 is 10.9 Å². The lowest BCUT2D eigenvalue weighted by Crippen LogP contribution is -2.30. The van der Waals surface area contributed by atoms with Crippen LogP contribution in [0.3, 0.4) is 0 Å². The van der Waals surface area contributed by atoms with Gasteiger partial charge in [0.25, 0.3) is 11.5 Å². The van der Waals surface area contributed by atoms with Crippen LogP contribution in [0.2, 0.25) is 0 Å². The lowest BCUT2D eigenvalue weighted by atomic mass is 9.95. The van der Waals surface area contributed by atoms with Gasteiger partial charge in [-0.25, -0.2) is 14.4 Å². The number of carbonyl (C=O) groups is 1. The summed E-state index contributed by atoms with van der Waals surface area (Å²) in [5.41, 5.74) is 0.844. The number of benzene rings is 1. The second-order valence-corrected chi connectivity index (χ2v) is 7.98. The van der Waals surface area contributed by atoms with Gasteiger partial charge in [0.05, 0.1) is 11.4 Å². The summed E-state index contributed by atoms with van der Waals surface area (Å²) in [7, 11) is 0. The molecule has 0 aliphatic rings. The van der Waals surface area contributed by atoms with Gasteiger partial charge in [0.1, 0.15) is 17.2 Å². The Hall–Kier alpha value is -2.87. The predicted molar refractivity (Wildman–Crippen MR) is 104 cm³/mol. The number of rotatable bonds is 3. The summed E-state index contributed by atoms with van der Waals surface area (Å²) in [6, 6.07) is 5.91. The van der Waals surface area contributed by atoms with Crippen molar-refractivity contribution in [1.82, 2.24) is 15.0 Å². The van der Waals surface area contributed by atoms with Gasteiger partial charge in [0, 0.05) is 16.4 Å². The number of anilines is 1. The van der Waals surface area contributed by atoms with E-state index in [1.54, 1.807) is 24.4 Å². The van der Waals surface area contributed by atoms with E-state index in [-0.39, 0.29) is 16.8 Å². The number of amides is 1. The number of H-pyrrole nitrogens is 1. The Morgan fingerprint density at radius 3 is 2.44 bits per heavy atom. The number of nitrogens with zero attached hydrogens (tertiary/aromatic N) is 2. The molecular formula is C19H19FN4O2S. The molecule has 0 bridgehead atoms. The lowest BCUT2D eigenvalue weighted by Gasteiger charge is -2.18. The first kappa shape index (κ1) is 18.9. The van der Waals surface area contributed by atoms with Crippen LogP contribution in [-0.2, 0) is 5.41 Å². The fraction of sp³-hybridized carbons (Fsp3) is 0.263. The summed E-state index contributed by atoms with van der Waals surface area (Å²) in [6.07, 6.45) is 0. The van der Waals surface area contributed by atoms with E-state index in [0.29, 0.717) is 22.3 Å². The first-order valence-electron chi connectivity index (χ1n) is 8.29. The molecule has 0 saturated carbocycles. The zero-order valence-corrected chi connectivity index (χ0v) is 16.2. The Kier molecular flexibility index (Phi) is 4.93. The maximum atomic E-state index is 13.0. The molecule has 6 nitrogen and oxygen atoms in total. The van der Waals surface area contributed by atoms with Crippen LogP contribution in [0.25, 0.3) is 11.3 Å². The van der Waals surface area contributed by atoms with Crippen LogP contribution in [0.5, 0.6) is 0 Å². The number of halogens is 1. The van der Waals surface area contributed by atoms with Crippen molar-refractivity contribution in [1.29, 1.82) is 0 Å². The van der Waals surface area contributed by atoms with Crippen LogP contribution in [-0.4, -0.2) is 20.9 Å². The van der Waals surface area contributed by atoms with Crippen LogP contribution in [0, 0.1) is 12.7 Å². The molecule has 0 saturated heterocycles. The molecule has 2 N–H and O–H groups in total. The van der Waals surface area contributed by atoms with Crippen molar-refractivity contribution in [2.45, 2.75) is 33.1 Å². The number of nitrogens with one attached hydrogen (secondary N) is 2. The van der Waals surface area contributed by atoms with Gasteiger partial charge < -0.3 is 4.98 Å².